The van der Waals surface area contributed by atoms with Crippen LogP contribution in [0.4, 0.5) is 30.4 Å². The molecule has 4 aromatic rings. The molecule has 2 aromatic carbocycles. The van der Waals surface area contributed by atoms with Gasteiger partial charge in [0.15, 0.2) is 22.8 Å². The topological polar surface area (TPSA) is 80.9 Å². The summed E-state index contributed by atoms with van der Waals surface area (Å²) < 4.78 is 41.5. The summed E-state index contributed by atoms with van der Waals surface area (Å²) in [5.74, 6) is -0.192. The van der Waals surface area contributed by atoms with Gasteiger partial charge in [0.1, 0.15) is 0 Å². The van der Waals surface area contributed by atoms with E-state index >= 15 is 0 Å². The van der Waals surface area contributed by atoms with E-state index in [0.29, 0.717) is 15.8 Å². The van der Waals surface area contributed by atoms with E-state index in [1.807, 2.05) is 6.07 Å². The molecule has 0 radical (unpaired) electrons. The summed E-state index contributed by atoms with van der Waals surface area (Å²) in [4.78, 5) is 4.32. The SMILES string of the molecule is Nc1nn2c(C(F)(F)F)cc(-c3ccccc3)nc2c1N=Nc1ccccc1. The number of halogens is 3. The van der Waals surface area contributed by atoms with Gasteiger partial charge in [-0.2, -0.15) is 18.3 Å². The molecular formula is C19H13F3N6. The lowest BCUT2D eigenvalue weighted by Crippen LogP contribution is -2.13. The Hall–Kier alpha value is -3.75. The van der Waals surface area contributed by atoms with Gasteiger partial charge in [0.2, 0.25) is 0 Å². The van der Waals surface area contributed by atoms with Crippen molar-refractivity contribution in [2.45, 2.75) is 6.18 Å². The van der Waals surface area contributed by atoms with Gasteiger partial charge in [-0.05, 0) is 18.2 Å². The molecule has 9 heteroatoms. The lowest BCUT2D eigenvalue weighted by molar-refractivity contribution is -0.142. The number of nitrogens with zero attached hydrogens (tertiary/aromatic N) is 5. The first-order valence-corrected chi connectivity index (χ1v) is 8.22. The van der Waals surface area contributed by atoms with Crippen LogP contribution in [0.15, 0.2) is 77.0 Å². The highest BCUT2D eigenvalue weighted by atomic mass is 19.4. The van der Waals surface area contributed by atoms with Gasteiger partial charge in [0.05, 0.1) is 11.4 Å². The maximum absolute atomic E-state index is 13.6. The molecule has 0 aliphatic heterocycles. The minimum absolute atomic E-state index is 0.0212. The Morgan fingerprint density at radius 2 is 1.54 bits per heavy atom. The van der Waals surface area contributed by atoms with Gasteiger partial charge in [0, 0.05) is 5.56 Å². The summed E-state index contributed by atoms with van der Waals surface area (Å²) in [6.07, 6.45) is -4.66. The monoisotopic (exact) mass is 382 g/mol. The van der Waals surface area contributed by atoms with Crippen molar-refractivity contribution < 1.29 is 13.2 Å². The number of benzene rings is 2. The van der Waals surface area contributed by atoms with Crippen molar-refractivity contribution in [3.8, 4) is 11.3 Å². The quantitative estimate of drug-likeness (QED) is 0.481. The second-order valence-electron chi connectivity index (χ2n) is 5.90. The number of nitrogens with two attached hydrogens (primary N) is 1. The Morgan fingerprint density at radius 1 is 0.893 bits per heavy atom. The third-order valence-electron chi connectivity index (χ3n) is 3.97. The van der Waals surface area contributed by atoms with Crippen molar-refractivity contribution in [1.29, 1.82) is 0 Å². The molecule has 6 nitrogen and oxygen atoms in total. The average Bonchev–Trinajstić information content (AvgIpc) is 3.01. The first kappa shape index (κ1) is 17.7. The standard InChI is InChI=1S/C19H13F3N6/c20-19(21,22)15-11-14(12-7-3-1-4-8-12)24-18-16(17(23)27-28(15)18)26-25-13-9-5-2-6-10-13/h1-11H,(H2,23,27). The molecule has 2 heterocycles. The number of nitrogen functional groups attached to an aromatic ring is 1. The minimum atomic E-state index is -4.66. The first-order chi connectivity index (χ1) is 13.4. The molecule has 28 heavy (non-hydrogen) atoms. The Kier molecular flexibility index (Phi) is 4.26. The Balaban J connectivity index is 1.94. The van der Waals surface area contributed by atoms with Gasteiger partial charge in [-0.15, -0.1) is 10.2 Å². The lowest BCUT2D eigenvalue weighted by Gasteiger charge is -2.11. The van der Waals surface area contributed by atoms with Crippen molar-refractivity contribution in [1.82, 2.24) is 14.6 Å². The van der Waals surface area contributed by atoms with E-state index in [0.717, 1.165) is 6.07 Å². The van der Waals surface area contributed by atoms with Crippen molar-refractivity contribution in [2.75, 3.05) is 5.73 Å². The molecule has 0 fully saturated rings. The molecule has 0 spiro atoms. The molecule has 0 atom stereocenters. The van der Waals surface area contributed by atoms with E-state index in [9.17, 15) is 13.2 Å². The van der Waals surface area contributed by atoms with Crippen LogP contribution in [0.25, 0.3) is 16.9 Å². The minimum Gasteiger partial charge on any atom is -0.380 e. The molecule has 0 unspecified atom stereocenters. The van der Waals surface area contributed by atoms with E-state index in [1.165, 1.54) is 0 Å². The molecule has 0 saturated carbocycles. The van der Waals surface area contributed by atoms with Crippen molar-refractivity contribution in [3.05, 3.63) is 72.4 Å². The third kappa shape index (κ3) is 3.29. The largest absolute Gasteiger partial charge is 0.433 e. The fraction of sp³-hybridized carbons (Fsp3) is 0.0526. The predicted octanol–water partition coefficient (Wildman–Crippen LogP) is 5.41. The molecule has 0 aliphatic rings. The van der Waals surface area contributed by atoms with Crippen LogP contribution in [-0.4, -0.2) is 14.6 Å². The molecule has 0 amide bonds. The number of anilines is 1. The van der Waals surface area contributed by atoms with Crippen LogP contribution in [0.3, 0.4) is 0 Å². The van der Waals surface area contributed by atoms with Crippen molar-refractivity contribution in [2.24, 2.45) is 10.2 Å². The van der Waals surface area contributed by atoms with Crippen molar-refractivity contribution in [3.63, 3.8) is 0 Å². The fourth-order valence-corrected chi connectivity index (χ4v) is 2.68. The molecule has 2 N–H and O–H groups in total. The Morgan fingerprint density at radius 3 is 2.18 bits per heavy atom. The second kappa shape index (κ2) is 6.76. The Bertz CT molecular complexity index is 1150. The van der Waals surface area contributed by atoms with E-state index in [2.05, 4.69) is 20.3 Å². The number of aromatic nitrogens is 3. The van der Waals surface area contributed by atoms with Crippen LogP contribution in [0.2, 0.25) is 0 Å². The maximum Gasteiger partial charge on any atom is 0.433 e. The van der Waals surface area contributed by atoms with Crippen LogP contribution in [0, 0.1) is 0 Å². The molecule has 140 valence electrons. The van der Waals surface area contributed by atoms with Gasteiger partial charge < -0.3 is 5.73 Å². The van der Waals surface area contributed by atoms with Gasteiger partial charge >= 0.3 is 6.18 Å². The molecule has 2 aromatic heterocycles. The smallest absolute Gasteiger partial charge is 0.380 e. The van der Waals surface area contributed by atoms with Gasteiger partial charge in [-0.1, -0.05) is 48.5 Å². The highest BCUT2D eigenvalue weighted by Gasteiger charge is 2.36. The number of rotatable bonds is 3. The van der Waals surface area contributed by atoms with Gasteiger partial charge in [0.25, 0.3) is 0 Å². The molecule has 0 bridgehead atoms. The molecular weight excluding hydrogens is 369 g/mol. The van der Waals surface area contributed by atoms with E-state index in [-0.39, 0.29) is 22.8 Å². The number of hydrogen-bond acceptors (Lipinski definition) is 5. The van der Waals surface area contributed by atoms with E-state index in [4.69, 9.17) is 5.73 Å². The number of hydrogen-bond donors (Lipinski definition) is 1. The highest BCUT2D eigenvalue weighted by Crippen LogP contribution is 2.36. The summed E-state index contributed by atoms with van der Waals surface area (Å²) in [5, 5.41) is 11.8. The molecule has 0 saturated heterocycles. The van der Waals surface area contributed by atoms with Crippen LogP contribution in [0.1, 0.15) is 5.69 Å². The first-order valence-electron chi connectivity index (χ1n) is 8.22. The zero-order chi connectivity index (χ0) is 19.7. The second-order valence-corrected chi connectivity index (χ2v) is 5.90. The number of fused-ring (bicyclic) bond motifs is 1. The fourth-order valence-electron chi connectivity index (χ4n) is 2.68. The summed E-state index contributed by atoms with van der Waals surface area (Å²) in [6, 6.07) is 18.2. The summed E-state index contributed by atoms with van der Waals surface area (Å²) in [5.41, 5.74) is 5.88. The number of azo groups is 1. The van der Waals surface area contributed by atoms with Crippen LogP contribution in [0.5, 0.6) is 0 Å². The zero-order valence-corrected chi connectivity index (χ0v) is 14.3. The lowest BCUT2D eigenvalue weighted by atomic mass is 10.1. The van der Waals surface area contributed by atoms with Gasteiger partial charge in [-0.25, -0.2) is 9.50 Å². The highest BCUT2D eigenvalue weighted by molar-refractivity contribution is 5.78. The van der Waals surface area contributed by atoms with Crippen LogP contribution >= 0.6 is 0 Å². The molecule has 4 rings (SSSR count). The normalized spacial score (nSPS) is 12.1. The zero-order valence-electron chi connectivity index (χ0n) is 14.3. The average molecular weight is 382 g/mol. The van der Waals surface area contributed by atoms with Crippen LogP contribution < -0.4 is 5.73 Å². The molecule has 0 aliphatic carbocycles. The summed E-state index contributed by atoms with van der Waals surface area (Å²) in [6.45, 7) is 0. The predicted molar refractivity (Wildman–Crippen MR) is 98.5 cm³/mol. The van der Waals surface area contributed by atoms with Crippen molar-refractivity contribution >= 4 is 22.8 Å². The maximum atomic E-state index is 13.6. The Labute approximate surface area is 157 Å². The van der Waals surface area contributed by atoms with Crippen LogP contribution in [-0.2, 0) is 6.18 Å². The summed E-state index contributed by atoms with van der Waals surface area (Å²) >= 11 is 0. The third-order valence-corrected chi connectivity index (χ3v) is 3.97. The van der Waals surface area contributed by atoms with E-state index < -0.39 is 11.9 Å². The van der Waals surface area contributed by atoms with E-state index in [1.54, 1.807) is 54.6 Å². The summed E-state index contributed by atoms with van der Waals surface area (Å²) in [7, 11) is 0. The van der Waals surface area contributed by atoms with Gasteiger partial charge in [-0.3, -0.25) is 0 Å². The number of alkyl halides is 3.